The van der Waals surface area contributed by atoms with Crippen LogP contribution in [0.25, 0.3) is 5.65 Å². The van der Waals surface area contributed by atoms with Gasteiger partial charge in [0, 0.05) is 12.4 Å². The minimum absolute atomic E-state index is 0.167. The first kappa shape index (κ1) is 9.64. The third kappa shape index (κ3) is 1.81. The zero-order valence-corrected chi connectivity index (χ0v) is 8.71. The van der Waals surface area contributed by atoms with E-state index in [0.29, 0.717) is 12.2 Å². The molecule has 2 aromatic rings. The van der Waals surface area contributed by atoms with Crippen molar-refractivity contribution in [2.45, 2.75) is 20.4 Å². The molecule has 0 radical (unpaired) electrons. The van der Waals surface area contributed by atoms with Gasteiger partial charge in [0.05, 0.1) is 6.54 Å². The van der Waals surface area contributed by atoms with E-state index in [1.165, 1.54) is 4.68 Å². The lowest BCUT2D eigenvalue weighted by molar-refractivity contribution is 0.635. The van der Waals surface area contributed by atoms with E-state index in [0.717, 1.165) is 5.57 Å². The first-order valence-corrected chi connectivity index (χ1v) is 4.70. The molecule has 15 heavy (non-hydrogen) atoms. The lowest BCUT2D eigenvalue weighted by Gasteiger charge is -2.00. The predicted octanol–water partition coefficient (Wildman–Crippen LogP) is 0.857. The van der Waals surface area contributed by atoms with Crippen LogP contribution in [-0.2, 0) is 6.54 Å². The summed E-state index contributed by atoms with van der Waals surface area (Å²) in [6.45, 7) is 4.46. The third-order valence-electron chi connectivity index (χ3n) is 2.08. The van der Waals surface area contributed by atoms with Gasteiger partial charge in [-0.25, -0.2) is 9.67 Å². The highest BCUT2D eigenvalue weighted by Gasteiger charge is 2.02. The van der Waals surface area contributed by atoms with E-state index in [9.17, 15) is 4.79 Å². The highest BCUT2D eigenvalue weighted by molar-refractivity contribution is 5.33. The molecule has 0 bridgehead atoms. The second-order valence-corrected chi connectivity index (χ2v) is 3.56. The predicted molar refractivity (Wildman–Crippen MR) is 56.7 cm³/mol. The zero-order chi connectivity index (χ0) is 10.8. The van der Waals surface area contributed by atoms with Gasteiger partial charge in [0.15, 0.2) is 0 Å². The molecule has 5 nitrogen and oxygen atoms in total. The van der Waals surface area contributed by atoms with Gasteiger partial charge in [-0.15, -0.1) is 0 Å². The van der Waals surface area contributed by atoms with E-state index in [1.807, 2.05) is 19.9 Å². The molecule has 2 aromatic heterocycles. The van der Waals surface area contributed by atoms with Crippen LogP contribution in [0.1, 0.15) is 13.8 Å². The van der Waals surface area contributed by atoms with Gasteiger partial charge in [0.1, 0.15) is 6.33 Å². The minimum atomic E-state index is -0.167. The Morgan fingerprint density at radius 1 is 1.53 bits per heavy atom. The fourth-order valence-electron chi connectivity index (χ4n) is 1.26. The molecular weight excluding hydrogens is 192 g/mol. The molecule has 0 fully saturated rings. The van der Waals surface area contributed by atoms with Crippen molar-refractivity contribution in [3.63, 3.8) is 0 Å². The van der Waals surface area contributed by atoms with E-state index in [-0.39, 0.29) is 5.56 Å². The van der Waals surface area contributed by atoms with Gasteiger partial charge < -0.3 is 0 Å². The summed E-state index contributed by atoms with van der Waals surface area (Å²) < 4.78 is 3.01. The van der Waals surface area contributed by atoms with Crippen LogP contribution in [0.15, 0.2) is 35.2 Å². The fraction of sp³-hybridized carbons (Fsp3) is 0.300. The molecule has 0 aliphatic heterocycles. The summed E-state index contributed by atoms with van der Waals surface area (Å²) in [5.41, 5.74) is 1.40. The maximum Gasteiger partial charge on any atom is 0.310 e. The zero-order valence-electron chi connectivity index (χ0n) is 8.71. The average Bonchev–Trinajstić information content (AvgIpc) is 2.65. The number of imidazole rings is 1. The molecule has 0 saturated heterocycles. The molecule has 0 aliphatic carbocycles. The van der Waals surface area contributed by atoms with Crippen LogP contribution in [0.5, 0.6) is 0 Å². The molecule has 0 saturated carbocycles. The van der Waals surface area contributed by atoms with E-state index in [1.54, 1.807) is 23.1 Å². The number of fused-ring (bicyclic) bond motifs is 1. The number of rotatable bonds is 2. The summed E-state index contributed by atoms with van der Waals surface area (Å²) in [6, 6.07) is 0. The maximum atomic E-state index is 11.8. The van der Waals surface area contributed by atoms with E-state index in [2.05, 4.69) is 10.1 Å². The molecule has 0 aromatic carbocycles. The van der Waals surface area contributed by atoms with E-state index in [4.69, 9.17) is 0 Å². The van der Waals surface area contributed by atoms with Crippen molar-refractivity contribution < 1.29 is 0 Å². The van der Waals surface area contributed by atoms with Gasteiger partial charge >= 0.3 is 5.56 Å². The van der Waals surface area contributed by atoms with Crippen molar-refractivity contribution in [3.05, 3.63) is 40.7 Å². The van der Waals surface area contributed by atoms with Crippen LogP contribution in [-0.4, -0.2) is 19.2 Å². The standard InChI is InChI=1S/C10H12N4O/c1-8(2)3-5-14-10(15)9-11-4-6-13(9)7-12-14/h3-4,6-7H,5H2,1-2H3. The normalized spacial score (nSPS) is 10.5. The van der Waals surface area contributed by atoms with Crippen molar-refractivity contribution in [1.82, 2.24) is 19.2 Å². The SMILES string of the molecule is CC(C)=CCn1ncn2ccnc2c1=O. The number of hydrogen-bond donors (Lipinski definition) is 0. The van der Waals surface area contributed by atoms with E-state index < -0.39 is 0 Å². The molecule has 0 spiro atoms. The maximum absolute atomic E-state index is 11.8. The van der Waals surface area contributed by atoms with Gasteiger partial charge in [0.25, 0.3) is 0 Å². The number of aromatic nitrogens is 4. The van der Waals surface area contributed by atoms with Gasteiger partial charge in [-0.3, -0.25) is 9.20 Å². The Hall–Kier alpha value is -1.91. The van der Waals surface area contributed by atoms with Crippen LogP contribution in [0.4, 0.5) is 0 Å². The van der Waals surface area contributed by atoms with Gasteiger partial charge in [-0.05, 0) is 13.8 Å². The van der Waals surface area contributed by atoms with Crippen LogP contribution < -0.4 is 5.56 Å². The summed E-state index contributed by atoms with van der Waals surface area (Å²) in [4.78, 5) is 15.8. The van der Waals surface area contributed by atoms with Crippen molar-refractivity contribution in [2.75, 3.05) is 0 Å². The molecule has 2 rings (SSSR count). The summed E-state index contributed by atoms with van der Waals surface area (Å²) in [5.74, 6) is 0. The molecule has 0 amide bonds. The summed E-state index contributed by atoms with van der Waals surface area (Å²) in [5, 5.41) is 4.03. The quantitative estimate of drug-likeness (QED) is 0.682. The lowest BCUT2D eigenvalue weighted by Crippen LogP contribution is -2.24. The molecule has 0 aliphatic rings. The molecular formula is C10H12N4O. The summed E-state index contributed by atoms with van der Waals surface area (Å²) >= 11 is 0. The molecule has 0 atom stereocenters. The van der Waals surface area contributed by atoms with Crippen LogP contribution in [0.2, 0.25) is 0 Å². The lowest BCUT2D eigenvalue weighted by atomic mass is 10.3. The number of nitrogens with zero attached hydrogens (tertiary/aromatic N) is 4. The first-order valence-electron chi connectivity index (χ1n) is 4.70. The van der Waals surface area contributed by atoms with Gasteiger partial charge in [0.2, 0.25) is 5.65 Å². The summed E-state index contributed by atoms with van der Waals surface area (Å²) in [7, 11) is 0. The largest absolute Gasteiger partial charge is 0.310 e. The van der Waals surface area contributed by atoms with Crippen LogP contribution >= 0.6 is 0 Å². The Morgan fingerprint density at radius 2 is 2.33 bits per heavy atom. The van der Waals surface area contributed by atoms with Crippen molar-refractivity contribution in [1.29, 1.82) is 0 Å². The fourth-order valence-corrected chi connectivity index (χ4v) is 1.26. The Bertz CT molecular complexity index is 560. The monoisotopic (exact) mass is 204 g/mol. The van der Waals surface area contributed by atoms with E-state index >= 15 is 0 Å². The first-order chi connectivity index (χ1) is 7.18. The Balaban J connectivity index is 2.49. The molecule has 0 unspecified atom stereocenters. The smallest absolute Gasteiger partial charge is 0.284 e. The topological polar surface area (TPSA) is 52.2 Å². The van der Waals surface area contributed by atoms with Crippen molar-refractivity contribution in [3.8, 4) is 0 Å². The molecule has 0 N–H and O–H groups in total. The molecule has 2 heterocycles. The van der Waals surface area contributed by atoms with Gasteiger partial charge in [-0.1, -0.05) is 11.6 Å². The molecule has 78 valence electrons. The molecule has 5 heteroatoms. The van der Waals surface area contributed by atoms with Crippen molar-refractivity contribution in [2.24, 2.45) is 0 Å². The second kappa shape index (κ2) is 3.68. The average molecular weight is 204 g/mol. The minimum Gasteiger partial charge on any atom is -0.284 e. The Labute approximate surface area is 86.7 Å². The van der Waals surface area contributed by atoms with Crippen molar-refractivity contribution >= 4 is 5.65 Å². The van der Waals surface area contributed by atoms with Crippen LogP contribution in [0.3, 0.4) is 0 Å². The van der Waals surface area contributed by atoms with Gasteiger partial charge in [-0.2, -0.15) is 5.10 Å². The van der Waals surface area contributed by atoms with Crippen LogP contribution in [0, 0.1) is 0 Å². The second-order valence-electron chi connectivity index (χ2n) is 3.56. The third-order valence-corrected chi connectivity index (χ3v) is 2.08. The Kier molecular flexibility index (Phi) is 2.37. The Morgan fingerprint density at radius 3 is 3.07 bits per heavy atom. The summed E-state index contributed by atoms with van der Waals surface area (Å²) in [6.07, 6.45) is 6.83. The number of hydrogen-bond acceptors (Lipinski definition) is 3. The highest BCUT2D eigenvalue weighted by atomic mass is 16.1. The highest BCUT2D eigenvalue weighted by Crippen LogP contribution is 1.93. The number of allylic oxidation sites excluding steroid dienone is 2.